The Hall–Kier alpha value is -3.85. The quantitative estimate of drug-likeness (QED) is 0.0264. The van der Waals surface area contributed by atoms with E-state index in [-0.39, 0.29) is 38.6 Å². The number of esters is 2. The van der Waals surface area contributed by atoms with E-state index in [1.807, 2.05) is 0 Å². The molecule has 0 heterocycles. The summed E-state index contributed by atoms with van der Waals surface area (Å²) in [5.74, 6) is -0.820. The molecule has 0 saturated heterocycles. The summed E-state index contributed by atoms with van der Waals surface area (Å²) in [6, 6.07) is 0. The molecule has 0 rings (SSSR count). The normalized spacial score (nSPS) is 13.6. The van der Waals surface area contributed by atoms with Crippen LogP contribution in [0.15, 0.2) is 134 Å². The van der Waals surface area contributed by atoms with Crippen molar-refractivity contribution in [3.05, 3.63) is 134 Å². The Morgan fingerprint density at radius 3 is 0.882 bits per heavy atom. The molecule has 0 spiro atoms. The lowest BCUT2D eigenvalue weighted by atomic mass is 10.0. The molecule has 93 heavy (non-hydrogen) atoms. The van der Waals surface area contributed by atoms with Crippen LogP contribution in [-0.4, -0.2) is 49.3 Å². The Labute approximate surface area is 574 Å². The predicted octanol–water partition coefficient (Wildman–Crippen LogP) is 26.0. The van der Waals surface area contributed by atoms with Gasteiger partial charge in [0.25, 0.3) is 0 Å². The highest BCUT2D eigenvalue weighted by Crippen LogP contribution is 2.43. The third-order valence-corrected chi connectivity index (χ3v) is 17.5. The van der Waals surface area contributed by atoms with Crippen molar-refractivity contribution in [3.63, 3.8) is 0 Å². The molecule has 2 unspecified atom stereocenters. The average Bonchev–Trinajstić information content (AvgIpc) is 3.60. The number of carbonyl (C=O) groups excluding carboxylic acids is 2. The maximum atomic E-state index is 12.8. The summed E-state index contributed by atoms with van der Waals surface area (Å²) in [5.41, 5.74) is 5.41. The molecule has 2 atom stereocenters. The van der Waals surface area contributed by atoms with E-state index in [0.29, 0.717) is 6.42 Å². The zero-order chi connectivity index (χ0) is 67.2. The van der Waals surface area contributed by atoms with Gasteiger partial charge < -0.3 is 20.1 Å². The van der Waals surface area contributed by atoms with Gasteiger partial charge >= 0.3 is 19.8 Å². The Balaban J connectivity index is 3.86. The Morgan fingerprint density at radius 1 is 0.333 bits per heavy atom. The third-order valence-electron chi connectivity index (χ3n) is 16.5. The van der Waals surface area contributed by atoms with Crippen LogP contribution in [0.2, 0.25) is 0 Å². The van der Waals surface area contributed by atoms with E-state index >= 15 is 0 Å². The Morgan fingerprint density at radius 2 is 0.591 bits per heavy atom. The molecule has 0 aromatic rings. The van der Waals surface area contributed by atoms with E-state index in [1.54, 1.807) is 0 Å². The highest BCUT2D eigenvalue weighted by molar-refractivity contribution is 7.47. The van der Waals surface area contributed by atoms with E-state index < -0.39 is 26.5 Å². The molecule has 0 bridgehead atoms. The van der Waals surface area contributed by atoms with Crippen molar-refractivity contribution in [2.24, 2.45) is 5.73 Å². The van der Waals surface area contributed by atoms with Gasteiger partial charge in [-0.25, -0.2) is 4.57 Å². The number of unbranched alkanes of at least 4 members (excludes halogenated alkanes) is 37. The Kier molecular flexibility index (Phi) is 74.0. The number of phosphoric ester groups is 1. The predicted molar refractivity (Wildman–Crippen MR) is 404 cm³/mol. The van der Waals surface area contributed by atoms with E-state index in [9.17, 15) is 19.0 Å². The lowest BCUT2D eigenvalue weighted by molar-refractivity contribution is -0.161. The topological polar surface area (TPSA) is 134 Å². The second-order valence-corrected chi connectivity index (χ2v) is 26.9. The zero-order valence-corrected chi connectivity index (χ0v) is 61.1. The molecule has 3 N–H and O–H groups in total. The van der Waals surface area contributed by atoms with Gasteiger partial charge in [-0.2, -0.15) is 0 Å². The summed E-state index contributed by atoms with van der Waals surface area (Å²) in [6.07, 6.45) is 110. The summed E-state index contributed by atoms with van der Waals surface area (Å²) in [5, 5.41) is 0. The molecule has 0 radical (unpaired) electrons. The van der Waals surface area contributed by atoms with Crippen LogP contribution in [0.1, 0.15) is 348 Å². The van der Waals surface area contributed by atoms with Crippen LogP contribution in [-0.2, 0) is 32.7 Å². The van der Waals surface area contributed by atoms with Crippen LogP contribution in [0.5, 0.6) is 0 Å². The van der Waals surface area contributed by atoms with Gasteiger partial charge in [0.2, 0.25) is 0 Å². The summed E-state index contributed by atoms with van der Waals surface area (Å²) < 4.78 is 33.3. The molecule has 0 saturated carbocycles. The number of ether oxygens (including phenoxy) is 2. The average molecular weight is 1320 g/mol. The first kappa shape index (κ1) is 89.2. The molecular formula is C83H144NO8P. The highest BCUT2D eigenvalue weighted by Gasteiger charge is 2.26. The number of nitrogens with two attached hydrogens (primary N) is 1. The molecule has 9 nitrogen and oxygen atoms in total. The van der Waals surface area contributed by atoms with Crippen molar-refractivity contribution in [2.45, 2.75) is 354 Å². The van der Waals surface area contributed by atoms with Crippen LogP contribution in [0, 0.1) is 0 Å². The minimum atomic E-state index is -4.40. The number of carbonyl (C=O) groups is 2. The van der Waals surface area contributed by atoms with Crippen LogP contribution >= 0.6 is 7.82 Å². The molecule has 0 aliphatic heterocycles. The number of hydrogen-bond acceptors (Lipinski definition) is 8. The van der Waals surface area contributed by atoms with Crippen LogP contribution in [0.25, 0.3) is 0 Å². The summed E-state index contributed by atoms with van der Waals surface area (Å²) in [6.45, 7) is 3.65. The number of phosphoric acid groups is 1. The number of rotatable bonds is 72. The minimum absolute atomic E-state index is 0.0499. The van der Waals surface area contributed by atoms with Crippen molar-refractivity contribution in [2.75, 3.05) is 26.4 Å². The van der Waals surface area contributed by atoms with Crippen molar-refractivity contribution in [1.29, 1.82) is 0 Å². The SMILES string of the molecule is CC/C=C\C/C=C\C/C=C\C/C=C\C/C=C\C/C=C\C/C=C\C/C=C\CCCCCCCCCCCCCCCCC(=O)OC(COC(=O)CCCCCCCCCCCCCCCCCCCC/C=C\C/C=C\C/C=C\CCCCCCC)COP(=O)(O)OCCN. The Bertz CT molecular complexity index is 1990. The van der Waals surface area contributed by atoms with Crippen molar-refractivity contribution < 1.29 is 37.6 Å². The first-order valence-electron chi connectivity index (χ1n) is 38.7. The monoisotopic (exact) mass is 1310 g/mol. The molecule has 10 heteroatoms. The van der Waals surface area contributed by atoms with Crippen LogP contribution in [0.3, 0.4) is 0 Å². The van der Waals surface area contributed by atoms with Gasteiger partial charge in [0, 0.05) is 19.4 Å². The molecular weight excluding hydrogens is 1170 g/mol. The van der Waals surface area contributed by atoms with Crippen molar-refractivity contribution in [3.8, 4) is 0 Å². The first-order valence-corrected chi connectivity index (χ1v) is 40.2. The third kappa shape index (κ3) is 77.0. The second-order valence-electron chi connectivity index (χ2n) is 25.5. The minimum Gasteiger partial charge on any atom is -0.462 e. The largest absolute Gasteiger partial charge is 0.472 e. The van der Waals surface area contributed by atoms with Crippen LogP contribution in [0.4, 0.5) is 0 Å². The van der Waals surface area contributed by atoms with Gasteiger partial charge in [-0.15, -0.1) is 0 Å². The van der Waals surface area contributed by atoms with Gasteiger partial charge in [-0.3, -0.25) is 18.6 Å². The summed E-state index contributed by atoms with van der Waals surface area (Å²) in [4.78, 5) is 35.4. The fourth-order valence-electron chi connectivity index (χ4n) is 10.8. The molecule has 0 aliphatic rings. The van der Waals surface area contributed by atoms with Gasteiger partial charge in [0.05, 0.1) is 13.2 Å². The van der Waals surface area contributed by atoms with E-state index in [1.165, 1.54) is 212 Å². The van der Waals surface area contributed by atoms with E-state index in [4.69, 9.17) is 24.3 Å². The number of hydrogen-bond donors (Lipinski definition) is 2. The molecule has 0 fully saturated rings. The maximum Gasteiger partial charge on any atom is 0.472 e. The molecule has 0 aromatic heterocycles. The molecule has 0 amide bonds. The van der Waals surface area contributed by atoms with E-state index in [0.717, 1.165) is 103 Å². The first-order chi connectivity index (χ1) is 45.8. The molecule has 0 aliphatic carbocycles. The lowest BCUT2D eigenvalue weighted by Gasteiger charge is -2.19. The fourth-order valence-corrected chi connectivity index (χ4v) is 11.6. The van der Waals surface area contributed by atoms with Crippen molar-refractivity contribution in [1.82, 2.24) is 0 Å². The molecule has 534 valence electrons. The zero-order valence-electron chi connectivity index (χ0n) is 60.2. The summed E-state index contributed by atoms with van der Waals surface area (Å²) in [7, 11) is -4.40. The van der Waals surface area contributed by atoms with Gasteiger partial charge in [-0.05, 0) is 116 Å². The smallest absolute Gasteiger partial charge is 0.462 e. The standard InChI is InChI=1S/C83H144NO8P/c1-3-5-7-9-11-13-15-17-19-21-23-25-27-29-31-33-35-37-38-39-40-41-42-44-46-48-50-52-54-56-58-60-62-64-66-68-70-72-74-76-83(86)92-81(80-91-93(87,88)90-78-77-84)79-89-82(85)75-73-71-69-67-65-63-61-59-57-55-53-51-49-47-45-43-36-34-32-30-28-26-24-22-20-18-16-14-12-10-8-6-4-2/h5,7,11,13,16-19,22-25,28-31,35,37,39-40,42,44,81H,3-4,6,8-10,12,14-15,20-21,26-27,32-34,36,38,41,43,45-80,84H2,1-2H3,(H,87,88)/b7-5-,13-11-,18-16-,19-17-,24-22-,25-23-,30-28-,31-29-,37-35-,40-39-,44-42-. The van der Waals surface area contributed by atoms with Gasteiger partial charge in [-0.1, -0.05) is 353 Å². The van der Waals surface area contributed by atoms with Gasteiger partial charge in [0.1, 0.15) is 6.61 Å². The molecule has 0 aromatic carbocycles. The highest BCUT2D eigenvalue weighted by atomic mass is 31.2. The van der Waals surface area contributed by atoms with Crippen LogP contribution < -0.4 is 5.73 Å². The fraction of sp³-hybridized carbons (Fsp3) is 0.711. The van der Waals surface area contributed by atoms with Gasteiger partial charge in [0.15, 0.2) is 6.10 Å². The maximum absolute atomic E-state index is 12.8. The second kappa shape index (κ2) is 77.2. The summed E-state index contributed by atoms with van der Waals surface area (Å²) >= 11 is 0. The number of allylic oxidation sites excluding steroid dienone is 22. The van der Waals surface area contributed by atoms with E-state index in [2.05, 4.69) is 148 Å². The van der Waals surface area contributed by atoms with Crippen molar-refractivity contribution >= 4 is 19.8 Å². The lowest BCUT2D eigenvalue weighted by Crippen LogP contribution is -2.29.